The van der Waals surface area contributed by atoms with Crippen LogP contribution in [0.5, 0.6) is 0 Å². The second-order valence-corrected chi connectivity index (χ2v) is 8.79. The molecule has 0 spiro atoms. The van der Waals surface area contributed by atoms with Gasteiger partial charge in [-0.1, -0.05) is 0 Å². The van der Waals surface area contributed by atoms with E-state index in [2.05, 4.69) is 54.3 Å². The van der Waals surface area contributed by atoms with Crippen LogP contribution in [0.1, 0.15) is 30.9 Å². The van der Waals surface area contributed by atoms with Crippen LogP contribution in [0.4, 0.5) is 0 Å². The predicted octanol–water partition coefficient (Wildman–Crippen LogP) is 3.26. The lowest BCUT2D eigenvalue weighted by atomic mass is 9.81. The van der Waals surface area contributed by atoms with Crippen LogP contribution in [0.25, 0.3) is 6.08 Å². The van der Waals surface area contributed by atoms with Gasteiger partial charge in [0.2, 0.25) is 5.88 Å². The third-order valence-electron chi connectivity index (χ3n) is 5.23. The highest BCUT2D eigenvalue weighted by Crippen LogP contribution is 2.42. The van der Waals surface area contributed by atoms with Gasteiger partial charge in [0.05, 0.1) is 12.0 Å². The lowest BCUT2D eigenvalue weighted by molar-refractivity contribution is -0.913. The van der Waals surface area contributed by atoms with E-state index in [0.29, 0.717) is 11.6 Å². The summed E-state index contributed by atoms with van der Waals surface area (Å²) >= 11 is 3.33. The third-order valence-corrected chi connectivity index (χ3v) is 6.63. The van der Waals surface area contributed by atoms with Gasteiger partial charge in [0, 0.05) is 11.1 Å². The minimum Gasteiger partial charge on any atom is -0.440 e. The number of quaternary nitrogens is 1. The second-order valence-electron chi connectivity index (χ2n) is 7.23. The van der Waals surface area contributed by atoms with E-state index in [1.165, 1.54) is 10.5 Å². The first-order valence-electron chi connectivity index (χ1n) is 8.99. The zero-order valence-electron chi connectivity index (χ0n) is 15.4. The van der Waals surface area contributed by atoms with Crippen LogP contribution in [-0.4, -0.2) is 19.1 Å². The highest BCUT2D eigenvalue weighted by Gasteiger charge is 2.40. The van der Waals surface area contributed by atoms with E-state index in [4.69, 9.17) is 10.5 Å². The molecule has 2 aliphatic heterocycles. The van der Waals surface area contributed by atoms with Crippen molar-refractivity contribution in [2.45, 2.75) is 25.8 Å². The molecule has 3 N–H and O–H groups in total. The molecule has 2 aromatic rings. The molecule has 27 heavy (non-hydrogen) atoms. The molecule has 4 rings (SSSR count). The van der Waals surface area contributed by atoms with Gasteiger partial charge in [0.25, 0.3) is 0 Å². The Kier molecular flexibility index (Phi) is 4.92. The van der Waals surface area contributed by atoms with E-state index in [0.717, 1.165) is 35.6 Å². The highest BCUT2D eigenvalue weighted by atomic mass is 32.1. The number of nitrogens with two attached hydrogens (primary N) is 1. The number of rotatable bonds is 3. The molecule has 4 heterocycles. The van der Waals surface area contributed by atoms with E-state index in [1.807, 2.05) is 5.38 Å². The first-order valence-corrected chi connectivity index (χ1v) is 10.9. The topological polar surface area (TPSA) is 63.5 Å². The molecule has 0 saturated carbocycles. The molecule has 138 valence electrons. The molecule has 1 unspecified atom stereocenters. The minimum atomic E-state index is -0.120. The van der Waals surface area contributed by atoms with Crippen molar-refractivity contribution < 1.29 is 9.64 Å². The Hall–Kier alpha value is -2.33. The highest BCUT2D eigenvalue weighted by molar-refractivity contribution is 7.08. The summed E-state index contributed by atoms with van der Waals surface area (Å²) in [7, 11) is 0. The number of thiophene rings is 2. The van der Waals surface area contributed by atoms with Crippen molar-refractivity contribution in [3.8, 4) is 6.07 Å². The summed E-state index contributed by atoms with van der Waals surface area (Å²) in [6.07, 6.45) is 2.20. The second kappa shape index (κ2) is 7.35. The van der Waals surface area contributed by atoms with Crippen LogP contribution in [0.15, 0.2) is 62.0 Å². The molecule has 0 aromatic carbocycles. The van der Waals surface area contributed by atoms with Crippen molar-refractivity contribution in [1.82, 2.24) is 0 Å². The van der Waals surface area contributed by atoms with Gasteiger partial charge < -0.3 is 15.4 Å². The maximum absolute atomic E-state index is 9.76. The largest absolute Gasteiger partial charge is 0.440 e. The first kappa shape index (κ1) is 18.1. The summed E-state index contributed by atoms with van der Waals surface area (Å²) in [5, 5.41) is 18.1. The Morgan fingerprint density at radius 3 is 2.67 bits per heavy atom. The fraction of sp³-hybridized carbons (Fsp3) is 0.286. The maximum Gasteiger partial charge on any atom is 0.205 e. The number of nitrogens with one attached hydrogen (secondary N) is 1. The van der Waals surface area contributed by atoms with Gasteiger partial charge in [-0.2, -0.15) is 27.9 Å². The number of ether oxygens (including phenoxy) is 1. The first-order chi connectivity index (χ1) is 13.1. The molecule has 0 saturated heterocycles. The normalized spacial score (nSPS) is 24.1. The Morgan fingerprint density at radius 2 is 2.04 bits per heavy atom. The van der Waals surface area contributed by atoms with Gasteiger partial charge in [0.1, 0.15) is 30.5 Å². The van der Waals surface area contributed by atoms with E-state index in [-0.39, 0.29) is 11.8 Å². The Balaban J connectivity index is 1.87. The Labute approximate surface area is 167 Å². The van der Waals surface area contributed by atoms with Gasteiger partial charge in [-0.3, -0.25) is 0 Å². The van der Waals surface area contributed by atoms with Crippen molar-refractivity contribution in [3.63, 3.8) is 0 Å². The summed E-state index contributed by atoms with van der Waals surface area (Å²) in [4.78, 5) is 1.47. The number of hydrogen-bond acceptors (Lipinski definition) is 5. The van der Waals surface area contributed by atoms with E-state index >= 15 is 0 Å². The molecule has 6 heteroatoms. The van der Waals surface area contributed by atoms with Crippen LogP contribution in [0.3, 0.4) is 0 Å². The summed E-state index contributed by atoms with van der Waals surface area (Å²) in [5.41, 5.74) is 11.3. The number of allylic oxidation sites excluding steroid dienone is 1. The average Bonchev–Trinajstić information content (AvgIpc) is 3.34. The molecular formula is C21H22N3OS2+. The number of hydrogen-bond donors (Lipinski definition) is 2. The van der Waals surface area contributed by atoms with Crippen LogP contribution < -0.4 is 10.6 Å². The molecular weight excluding hydrogens is 374 g/mol. The summed E-state index contributed by atoms with van der Waals surface area (Å²) < 4.78 is 6.05. The van der Waals surface area contributed by atoms with Crippen molar-refractivity contribution in [2.75, 3.05) is 13.1 Å². The van der Waals surface area contributed by atoms with Crippen molar-refractivity contribution in [3.05, 3.63) is 73.1 Å². The van der Waals surface area contributed by atoms with Gasteiger partial charge in [-0.05, 0) is 64.7 Å². The molecule has 0 radical (unpaired) electrons. The van der Waals surface area contributed by atoms with E-state index < -0.39 is 0 Å². The molecule has 2 aliphatic rings. The number of nitriles is 1. The van der Waals surface area contributed by atoms with Gasteiger partial charge >= 0.3 is 0 Å². The van der Waals surface area contributed by atoms with Gasteiger partial charge in [0.15, 0.2) is 0 Å². The summed E-state index contributed by atoms with van der Waals surface area (Å²) in [5.74, 6) is 0.972. The average molecular weight is 397 g/mol. The van der Waals surface area contributed by atoms with Gasteiger partial charge in [-0.15, -0.1) is 0 Å². The van der Waals surface area contributed by atoms with Crippen molar-refractivity contribution >= 4 is 28.7 Å². The molecule has 2 aromatic heterocycles. The van der Waals surface area contributed by atoms with Crippen LogP contribution in [0.2, 0.25) is 0 Å². The standard InChI is InChI=1S/C21H21N3OS2/c1-13(2)24-9-16(7-14-3-5-26-11-14)20-18(10-24)19(15-4-6-27-12-15)17(8-22)21(23)25-20/h3-7,11-13,19H,9-10,23H2,1-2H3/p+1/b16-7+/t19-/m1/s1. The fourth-order valence-corrected chi connectivity index (χ4v) is 5.08. The zero-order valence-corrected chi connectivity index (χ0v) is 17.0. The quantitative estimate of drug-likeness (QED) is 0.837. The molecule has 0 fully saturated rings. The van der Waals surface area contributed by atoms with E-state index in [9.17, 15) is 5.26 Å². The zero-order chi connectivity index (χ0) is 19.0. The Bertz CT molecular complexity index is 960. The lowest BCUT2D eigenvalue weighted by Crippen LogP contribution is -3.16. The smallest absolute Gasteiger partial charge is 0.205 e. The fourth-order valence-electron chi connectivity index (χ4n) is 3.77. The Morgan fingerprint density at radius 1 is 1.26 bits per heavy atom. The summed E-state index contributed by atoms with van der Waals surface area (Å²) in [6, 6.07) is 6.97. The number of nitrogens with zero attached hydrogens (tertiary/aromatic N) is 1. The molecule has 4 nitrogen and oxygen atoms in total. The SMILES string of the molecule is CC(C)[NH+]1CC2=C(OC(N)=C(C#N)[C@H]2c2ccsc2)/C(=C/c2ccsc2)C1. The van der Waals surface area contributed by atoms with Crippen molar-refractivity contribution in [1.29, 1.82) is 5.26 Å². The molecule has 0 bridgehead atoms. The predicted molar refractivity (Wildman–Crippen MR) is 110 cm³/mol. The molecule has 0 aliphatic carbocycles. The van der Waals surface area contributed by atoms with Crippen LogP contribution >= 0.6 is 22.7 Å². The molecule has 0 amide bonds. The summed E-state index contributed by atoms with van der Waals surface area (Å²) in [6.45, 7) is 6.22. The minimum absolute atomic E-state index is 0.120. The van der Waals surface area contributed by atoms with Crippen LogP contribution in [-0.2, 0) is 4.74 Å². The molecule has 2 atom stereocenters. The maximum atomic E-state index is 9.76. The van der Waals surface area contributed by atoms with E-state index in [1.54, 1.807) is 22.7 Å². The van der Waals surface area contributed by atoms with Crippen molar-refractivity contribution in [2.24, 2.45) is 5.73 Å². The van der Waals surface area contributed by atoms with Gasteiger partial charge in [-0.25, -0.2) is 0 Å². The monoisotopic (exact) mass is 396 g/mol. The third kappa shape index (κ3) is 3.34. The van der Waals surface area contributed by atoms with Crippen LogP contribution in [0, 0.1) is 11.3 Å². The lowest BCUT2D eigenvalue weighted by Gasteiger charge is -2.37.